The molecule has 1 aromatic carbocycles. The molecule has 0 amide bonds. The van der Waals surface area contributed by atoms with Crippen LogP contribution in [0.2, 0.25) is 5.02 Å². The van der Waals surface area contributed by atoms with E-state index in [1.165, 1.54) is 6.07 Å². The van der Waals surface area contributed by atoms with Crippen molar-refractivity contribution in [3.63, 3.8) is 0 Å². The van der Waals surface area contributed by atoms with E-state index in [-0.39, 0.29) is 5.02 Å². The van der Waals surface area contributed by atoms with Crippen LogP contribution in [0.3, 0.4) is 0 Å². The van der Waals surface area contributed by atoms with E-state index in [1.807, 2.05) is 0 Å². The maximum Gasteiger partial charge on any atom is 0.150 e. The quantitative estimate of drug-likeness (QED) is 0.591. The second-order valence-electron chi connectivity index (χ2n) is 1.89. The third-order valence-electron chi connectivity index (χ3n) is 1.21. The van der Waals surface area contributed by atoms with Crippen LogP contribution in [0.4, 0.5) is 4.39 Å². The summed E-state index contributed by atoms with van der Waals surface area (Å²) in [6.45, 7) is 1.74. The Labute approximate surface area is 72.1 Å². The molecule has 0 aromatic heterocycles. The molecular weight excluding hydrogens is 218 g/mol. The molecule has 0 bridgehead atoms. The fourth-order valence-electron chi connectivity index (χ4n) is 0.568. The molecule has 53 valence electrons. The Bertz CT molecular complexity index is 233. The van der Waals surface area contributed by atoms with Crippen molar-refractivity contribution < 1.29 is 4.39 Å². The molecule has 0 N–H and O–H groups in total. The maximum absolute atomic E-state index is 12.6. The molecule has 0 fully saturated rings. The predicted molar refractivity (Wildman–Crippen MR) is 42.7 cm³/mol. The molecule has 0 aliphatic heterocycles. The van der Waals surface area contributed by atoms with E-state index < -0.39 is 5.82 Å². The minimum absolute atomic E-state index is 0.134. The maximum atomic E-state index is 12.6. The third-order valence-corrected chi connectivity index (χ3v) is 2.48. The van der Waals surface area contributed by atoms with Gasteiger partial charge in [0.25, 0.3) is 0 Å². The standard InChI is InChI=1S/C7H4BrClF/c1-4-5(8)2-3-6(10)7(4)9/h2H,1H3. The molecule has 0 atom stereocenters. The Balaban J connectivity index is 3.34. The lowest BCUT2D eigenvalue weighted by molar-refractivity contribution is 0.624. The van der Waals surface area contributed by atoms with E-state index in [2.05, 4.69) is 22.0 Å². The molecule has 0 saturated heterocycles. The Morgan fingerprint density at radius 3 is 2.80 bits per heavy atom. The highest BCUT2D eigenvalue weighted by atomic mass is 79.9. The molecule has 0 saturated carbocycles. The topological polar surface area (TPSA) is 0 Å². The van der Waals surface area contributed by atoms with Gasteiger partial charge in [-0.15, -0.1) is 0 Å². The van der Waals surface area contributed by atoms with Gasteiger partial charge in [0.2, 0.25) is 0 Å². The van der Waals surface area contributed by atoms with Crippen LogP contribution in [-0.4, -0.2) is 0 Å². The van der Waals surface area contributed by atoms with Gasteiger partial charge in [0.1, 0.15) is 5.82 Å². The van der Waals surface area contributed by atoms with E-state index in [4.69, 9.17) is 11.6 Å². The van der Waals surface area contributed by atoms with Crippen LogP contribution in [0, 0.1) is 18.8 Å². The van der Waals surface area contributed by atoms with Crippen LogP contribution in [-0.2, 0) is 0 Å². The summed E-state index contributed by atoms with van der Waals surface area (Å²) in [6.07, 6.45) is 0. The fourth-order valence-corrected chi connectivity index (χ4v) is 1.15. The number of benzene rings is 1. The number of hydrogen-bond acceptors (Lipinski definition) is 0. The highest BCUT2D eigenvalue weighted by Gasteiger charge is 2.04. The van der Waals surface area contributed by atoms with Crippen molar-refractivity contribution in [1.29, 1.82) is 0 Å². The van der Waals surface area contributed by atoms with Crippen molar-refractivity contribution in [3.05, 3.63) is 33.0 Å². The summed E-state index contributed by atoms with van der Waals surface area (Å²) in [5.74, 6) is -0.498. The summed E-state index contributed by atoms with van der Waals surface area (Å²) < 4.78 is 13.3. The summed E-state index contributed by atoms with van der Waals surface area (Å²) in [6, 6.07) is 3.87. The zero-order valence-corrected chi connectivity index (χ0v) is 7.55. The van der Waals surface area contributed by atoms with Crippen LogP contribution in [0.5, 0.6) is 0 Å². The normalized spacial score (nSPS) is 10.0. The molecule has 3 heteroatoms. The smallest absolute Gasteiger partial charge is 0.150 e. The first kappa shape index (κ1) is 8.02. The lowest BCUT2D eigenvalue weighted by Crippen LogP contribution is -1.82. The monoisotopic (exact) mass is 221 g/mol. The van der Waals surface area contributed by atoms with Gasteiger partial charge in [0.05, 0.1) is 5.02 Å². The highest BCUT2D eigenvalue weighted by molar-refractivity contribution is 9.10. The average molecular weight is 222 g/mol. The zero-order chi connectivity index (χ0) is 7.72. The third kappa shape index (κ3) is 1.32. The molecular formula is C7H4BrClF. The van der Waals surface area contributed by atoms with E-state index >= 15 is 0 Å². The summed E-state index contributed by atoms with van der Waals surface area (Å²) in [5.41, 5.74) is 0.706. The van der Waals surface area contributed by atoms with Crippen LogP contribution < -0.4 is 0 Å². The van der Waals surface area contributed by atoms with Crippen molar-refractivity contribution in [2.24, 2.45) is 0 Å². The Morgan fingerprint density at radius 1 is 1.70 bits per heavy atom. The van der Waals surface area contributed by atoms with Crippen LogP contribution in [0.15, 0.2) is 10.5 Å². The minimum atomic E-state index is -0.498. The molecule has 1 rings (SSSR count). The number of halogens is 3. The molecule has 0 heterocycles. The summed E-state index contributed by atoms with van der Waals surface area (Å²) >= 11 is 8.74. The van der Waals surface area contributed by atoms with Crippen LogP contribution in [0.1, 0.15) is 5.56 Å². The van der Waals surface area contributed by atoms with Gasteiger partial charge in [-0.3, -0.25) is 0 Å². The van der Waals surface area contributed by atoms with E-state index in [0.717, 1.165) is 4.47 Å². The summed E-state index contributed by atoms with van der Waals surface area (Å²) in [5, 5.41) is 0.134. The van der Waals surface area contributed by atoms with E-state index in [0.29, 0.717) is 5.56 Å². The number of hydrogen-bond donors (Lipinski definition) is 0. The first-order valence-corrected chi connectivity index (χ1v) is 3.82. The molecule has 1 radical (unpaired) electrons. The lowest BCUT2D eigenvalue weighted by atomic mass is 10.2. The van der Waals surface area contributed by atoms with Gasteiger partial charge in [0, 0.05) is 10.5 Å². The van der Waals surface area contributed by atoms with E-state index in [9.17, 15) is 4.39 Å². The molecule has 0 aliphatic carbocycles. The van der Waals surface area contributed by atoms with Gasteiger partial charge in [-0.05, 0) is 18.6 Å². The Kier molecular flexibility index (Phi) is 2.32. The fraction of sp³-hybridized carbons (Fsp3) is 0.143. The van der Waals surface area contributed by atoms with Crippen molar-refractivity contribution >= 4 is 27.5 Å². The average Bonchev–Trinajstić information content (AvgIpc) is 1.93. The van der Waals surface area contributed by atoms with Gasteiger partial charge >= 0.3 is 0 Å². The van der Waals surface area contributed by atoms with Crippen molar-refractivity contribution in [1.82, 2.24) is 0 Å². The van der Waals surface area contributed by atoms with Gasteiger partial charge in [-0.1, -0.05) is 27.5 Å². The highest BCUT2D eigenvalue weighted by Crippen LogP contribution is 2.25. The van der Waals surface area contributed by atoms with Crippen LogP contribution in [0.25, 0.3) is 0 Å². The molecule has 0 aliphatic rings. The molecule has 10 heavy (non-hydrogen) atoms. The molecule has 1 aromatic rings. The van der Waals surface area contributed by atoms with E-state index in [1.54, 1.807) is 6.92 Å². The summed E-state index contributed by atoms with van der Waals surface area (Å²) in [7, 11) is 0. The molecule has 0 unspecified atom stereocenters. The Hall–Kier alpha value is -0.0800. The minimum Gasteiger partial charge on any atom is -0.205 e. The Morgan fingerprint density at radius 2 is 2.30 bits per heavy atom. The summed E-state index contributed by atoms with van der Waals surface area (Å²) in [4.78, 5) is 0. The SMILES string of the molecule is Cc1c(Br)c[c]c(F)c1Cl. The predicted octanol–water partition coefficient (Wildman–Crippen LogP) is 3.35. The molecule has 0 nitrogen and oxygen atoms in total. The van der Waals surface area contributed by atoms with Gasteiger partial charge in [-0.2, -0.15) is 0 Å². The molecule has 0 spiro atoms. The number of rotatable bonds is 0. The first-order chi connectivity index (χ1) is 4.63. The first-order valence-electron chi connectivity index (χ1n) is 2.64. The second-order valence-corrected chi connectivity index (χ2v) is 3.12. The van der Waals surface area contributed by atoms with Crippen molar-refractivity contribution in [2.45, 2.75) is 6.92 Å². The van der Waals surface area contributed by atoms with Gasteiger partial charge in [-0.25, -0.2) is 4.39 Å². The van der Waals surface area contributed by atoms with Crippen molar-refractivity contribution in [3.8, 4) is 0 Å². The van der Waals surface area contributed by atoms with Gasteiger partial charge < -0.3 is 0 Å². The largest absolute Gasteiger partial charge is 0.205 e. The zero-order valence-electron chi connectivity index (χ0n) is 5.21. The van der Waals surface area contributed by atoms with Gasteiger partial charge in [0.15, 0.2) is 0 Å². The second kappa shape index (κ2) is 2.89. The lowest BCUT2D eigenvalue weighted by Gasteiger charge is -1.99. The van der Waals surface area contributed by atoms with Crippen molar-refractivity contribution in [2.75, 3.05) is 0 Å². The van der Waals surface area contributed by atoms with Crippen LogP contribution >= 0.6 is 27.5 Å².